The van der Waals surface area contributed by atoms with Crippen molar-refractivity contribution in [1.29, 1.82) is 0 Å². The first-order valence-electron chi connectivity index (χ1n) is 6.12. The lowest BCUT2D eigenvalue weighted by atomic mass is 10.0. The third kappa shape index (κ3) is 2.92. The van der Waals surface area contributed by atoms with Crippen molar-refractivity contribution < 1.29 is 14.6 Å². The Labute approximate surface area is 106 Å². The van der Waals surface area contributed by atoms with Gasteiger partial charge in [-0.05, 0) is 31.5 Å². The Morgan fingerprint density at radius 1 is 1.50 bits per heavy atom. The number of phenols is 1. The molecule has 1 amide bonds. The molecule has 5 heteroatoms. The molecule has 1 saturated heterocycles. The Morgan fingerprint density at radius 3 is 3.00 bits per heavy atom. The number of amides is 1. The predicted molar refractivity (Wildman–Crippen MR) is 68.9 cm³/mol. The van der Waals surface area contributed by atoms with Crippen LogP contribution in [0.4, 0.5) is 5.69 Å². The number of ether oxygens (including phenoxy) is 1. The number of hydrogen-bond donors (Lipinski definition) is 3. The summed E-state index contributed by atoms with van der Waals surface area (Å²) >= 11 is 0. The van der Waals surface area contributed by atoms with Gasteiger partial charge >= 0.3 is 0 Å². The van der Waals surface area contributed by atoms with Crippen LogP contribution in [0.1, 0.15) is 19.3 Å². The molecule has 1 aliphatic heterocycles. The van der Waals surface area contributed by atoms with E-state index in [0.717, 1.165) is 25.8 Å². The third-order valence-corrected chi connectivity index (χ3v) is 3.09. The van der Waals surface area contributed by atoms with Crippen molar-refractivity contribution in [3.05, 3.63) is 18.2 Å². The highest BCUT2D eigenvalue weighted by molar-refractivity contribution is 5.96. The molecule has 3 N–H and O–H groups in total. The largest absolute Gasteiger partial charge is 0.506 e. The highest BCUT2D eigenvalue weighted by Gasteiger charge is 2.21. The van der Waals surface area contributed by atoms with Crippen LogP contribution < -0.4 is 15.4 Å². The Hall–Kier alpha value is -1.75. The minimum absolute atomic E-state index is 0.0416. The molecule has 18 heavy (non-hydrogen) atoms. The van der Waals surface area contributed by atoms with Gasteiger partial charge in [-0.2, -0.15) is 0 Å². The van der Waals surface area contributed by atoms with Crippen LogP contribution in [0.5, 0.6) is 11.5 Å². The lowest BCUT2D eigenvalue weighted by molar-refractivity contribution is -0.118. The molecule has 0 saturated carbocycles. The van der Waals surface area contributed by atoms with Crippen molar-refractivity contribution in [2.75, 3.05) is 19.0 Å². The molecule has 0 aromatic heterocycles. The van der Waals surface area contributed by atoms with Crippen LogP contribution in [-0.2, 0) is 4.79 Å². The SMILES string of the molecule is COc1ccc(O)c(NC(=O)[C@@H]2CCCCN2)c1. The smallest absolute Gasteiger partial charge is 0.241 e. The van der Waals surface area contributed by atoms with Gasteiger partial charge < -0.3 is 20.5 Å². The Balaban J connectivity index is 2.05. The van der Waals surface area contributed by atoms with Crippen LogP contribution in [0.15, 0.2) is 18.2 Å². The van der Waals surface area contributed by atoms with Crippen molar-refractivity contribution in [3.63, 3.8) is 0 Å². The molecule has 0 radical (unpaired) electrons. The summed E-state index contributed by atoms with van der Waals surface area (Å²) in [5.41, 5.74) is 0.381. The number of methoxy groups -OCH3 is 1. The zero-order valence-corrected chi connectivity index (χ0v) is 10.4. The Morgan fingerprint density at radius 2 is 2.33 bits per heavy atom. The number of carbonyl (C=O) groups is 1. The van der Waals surface area contributed by atoms with Gasteiger partial charge in [0.25, 0.3) is 0 Å². The molecule has 1 aliphatic rings. The van der Waals surface area contributed by atoms with E-state index in [9.17, 15) is 9.90 Å². The normalized spacial score (nSPS) is 19.3. The number of benzene rings is 1. The first-order valence-corrected chi connectivity index (χ1v) is 6.12. The fourth-order valence-electron chi connectivity index (χ4n) is 2.04. The molecular weight excluding hydrogens is 232 g/mol. The number of rotatable bonds is 3. The molecule has 0 aliphatic carbocycles. The van der Waals surface area contributed by atoms with Crippen molar-refractivity contribution >= 4 is 11.6 Å². The van der Waals surface area contributed by atoms with E-state index in [1.165, 1.54) is 6.07 Å². The Kier molecular flexibility index (Phi) is 4.04. The van der Waals surface area contributed by atoms with Crippen LogP contribution >= 0.6 is 0 Å². The monoisotopic (exact) mass is 250 g/mol. The van der Waals surface area contributed by atoms with Gasteiger partial charge in [0.15, 0.2) is 0 Å². The van der Waals surface area contributed by atoms with Gasteiger partial charge in [0.2, 0.25) is 5.91 Å². The number of anilines is 1. The lowest BCUT2D eigenvalue weighted by Gasteiger charge is -2.22. The summed E-state index contributed by atoms with van der Waals surface area (Å²) in [6.45, 7) is 0.863. The van der Waals surface area contributed by atoms with Crippen LogP contribution in [0.3, 0.4) is 0 Å². The molecule has 0 spiro atoms. The first-order chi connectivity index (χ1) is 8.70. The minimum Gasteiger partial charge on any atom is -0.506 e. The van der Waals surface area contributed by atoms with Crippen LogP contribution in [0.25, 0.3) is 0 Å². The average Bonchev–Trinajstić information content (AvgIpc) is 2.42. The number of aromatic hydroxyl groups is 1. The molecule has 1 aromatic rings. The van der Waals surface area contributed by atoms with Crippen molar-refractivity contribution in [3.8, 4) is 11.5 Å². The van der Waals surface area contributed by atoms with Crippen molar-refractivity contribution in [2.24, 2.45) is 0 Å². The number of nitrogens with one attached hydrogen (secondary N) is 2. The van der Waals surface area contributed by atoms with Crippen molar-refractivity contribution in [2.45, 2.75) is 25.3 Å². The van der Waals surface area contributed by atoms with E-state index in [1.54, 1.807) is 19.2 Å². The maximum atomic E-state index is 12.0. The average molecular weight is 250 g/mol. The highest BCUT2D eigenvalue weighted by Crippen LogP contribution is 2.28. The first kappa shape index (κ1) is 12.7. The van der Waals surface area contributed by atoms with Crippen LogP contribution in [0, 0.1) is 0 Å². The van der Waals surface area contributed by atoms with Crippen molar-refractivity contribution in [1.82, 2.24) is 5.32 Å². The zero-order chi connectivity index (χ0) is 13.0. The fraction of sp³-hybridized carbons (Fsp3) is 0.462. The number of carbonyl (C=O) groups excluding carboxylic acids is 1. The highest BCUT2D eigenvalue weighted by atomic mass is 16.5. The topological polar surface area (TPSA) is 70.6 Å². The molecule has 1 atom stereocenters. The number of phenolic OH excluding ortho intramolecular Hbond substituents is 1. The minimum atomic E-state index is -0.177. The second kappa shape index (κ2) is 5.73. The van der Waals surface area contributed by atoms with Gasteiger partial charge in [0, 0.05) is 6.07 Å². The second-order valence-electron chi connectivity index (χ2n) is 4.37. The summed E-state index contributed by atoms with van der Waals surface area (Å²) in [4.78, 5) is 12.0. The van der Waals surface area contributed by atoms with E-state index in [4.69, 9.17) is 4.74 Å². The van der Waals surface area contributed by atoms with Crippen LogP contribution in [0.2, 0.25) is 0 Å². The predicted octanol–water partition coefficient (Wildman–Crippen LogP) is 1.48. The van der Waals surface area contributed by atoms with Gasteiger partial charge in [0.05, 0.1) is 18.8 Å². The second-order valence-corrected chi connectivity index (χ2v) is 4.37. The molecule has 2 rings (SSSR count). The molecule has 1 heterocycles. The van der Waals surface area contributed by atoms with Gasteiger partial charge in [-0.1, -0.05) is 6.42 Å². The standard InChI is InChI=1S/C13H18N2O3/c1-18-9-5-6-12(16)11(8-9)15-13(17)10-4-2-3-7-14-10/h5-6,8,10,14,16H,2-4,7H2,1H3,(H,15,17)/t10-/m0/s1. The summed E-state index contributed by atoms with van der Waals surface area (Å²) in [6.07, 6.45) is 2.99. The maximum Gasteiger partial charge on any atom is 0.241 e. The number of hydrogen-bond acceptors (Lipinski definition) is 4. The lowest BCUT2D eigenvalue weighted by Crippen LogP contribution is -2.43. The van der Waals surface area contributed by atoms with E-state index < -0.39 is 0 Å². The van der Waals surface area contributed by atoms with Gasteiger partial charge in [-0.3, -0.25) is 4.79 Å². The molecule has 0 bridgehead atoms. The summed E-state index contributed by atoms with van der Waals surface area (Å²) < 4.78 is 5.06. The fourth-order valence-corrected chi connectivity index (χ4v) is 2.04. The summed E-state index contributed by atoms with van der Waals surface area (Å²) in [6, 6.07) is 4.58. The van der Waals surface area contributed by atoms with Gasteiger partial charge in [-0.25, -0.2) is 0 Å². The van der Waals surface area contributed by atoms with Gasteiger partial charge in [-0.15, -0.1) is 0 Å². The van der Waals surface area contributed by atoms with E-state index in [-0.39, 0.29) is 17.7 Å². The molecule has 1 fully saturated rings. The quantitative estimate of drug-likeness (QED) is 0.711. The maximum absolute atomic E-state index is 12.0. The molecular formula is C13H18N2O3. The summed E-state index contributed by atoms with van der Waals surface area (Å²) in [7, 11) is 1.54. The number of piperidine rings is 1. The van der Waals surface area contributed by atoms with E-state index >= 15 is 0 Å². The zero-order valence-electron chi connectivity index (χ0n) is 10.4. The summed E-state index contributed by atoms with van der Waals surface area (Å²) in [5.74, 6) is 0.526. The Bertz CT molecular complexity index is 428. The van der Waals surface area contributed by atoms with E-state index in [0.29, 0.717) is 11.4 Å². The van der Waals surface area contributed by atoms with E-state index in [1.807, 2.05) is 0 Å². The van der Waals surface area contributed by atoms with E-state index in [2.05, 4.69) is 10.6 Å². The van der Waals surface area contributed by atoms with Gasteiger partial charge in [0.1, 0.15) is 11.5 Å². The molecule has 0 unspecified atom stereocenters. The third-order valence-electron chi connectivity index (χ3n) is 3.09. The molecule has 1 aromatic carbocycles. The molecule has 5 nitrogen and oxygen atoms in total. The summed E-state index contributed by atoms with van der Waals surface area (Å²) in [5, 5.41) is 15.6. The molecule has 98 valence electrons. The van der Waals surface area contributed by atoms with Crippen LogP contribution in [-0.4, -0.2) is 30.7 Å².